The monoisotopic (exact) mass is 635 g/mol. The zero-order valence-electron chi connectivity index (χ0n) is 27.2. The molecule has 11 nitrogen and oxygen atoms in total. The van der Waals surface area contributed by atoms with Gasteiger partial charge in [0.05, 0.1) is 18.1 Å². The third-order valence-electron chi connectivity index (χ3n) is 6.94. The summed E-state index contributed by atoms with van der Waals surface area (Å²) in [5.41, 5.74) is 5.77. The van der Waals surface area contributed by atoms with Crippen molar-refractivity contribution in [3.8, 4) is 0 Å². The Morgan fingerprint density at radius 1 is 0.636 bits per heavy atom. The molecule has 13 heteroatoms. The van der Waals surface area contributed by atoms with Gasteiger partial charge in [-0.15, -0.1) is 0 Å². The highest BCUT2D eigenvalue weighted by Gasteiger charge is 2.25. The van der Waals surface area contributed by atoms with Crippen LogP contribution in [0.15, 0.2) is 0 Å². The maximum Gasteiger partial charge on any atom is 0.221 e. The number of carbonyl (C=O) groups excluding carboxylic acids is 8. The smallest absolute Gasteiger partial charge is 0.221 e. The summed E-state index contributed by atoms with van der Waals surface area (Å²) in [4.78, 5) is 97.8. The zero-order valence-corrected chi connectivity index (χ0v) is 28.1. The summed E-state index contributed by atoms with van der Waals surface area (Å²) < 4.78 is 0. The van der Waals surface area contributed by atoms with Gasteiger partial charge in [-0.05, 0) is 44.7 Å². The van der Waals surface area contributed by atoms with Crippen molar-refractivity contribution in [1.82, 2.24) is 10.6 Å². The predicted octanol–water partition coefficient (Wildman–Crippen LogP) is 2.86. The minimum Gasteiger partial charge on any atom is -0.346 e. The van der Waals surface area contributed by atoms with Gasteiger partial charge in [0.1, 0.15) is 30.4 Å². The summed E-state index contributed by atoms with van der Waals surface area (Å²) >= 11 is 0. The Bertz CT molecular complexity index is 1030. The summed E-state index contributed by atoms with van der Waals surface area (Å²) in [5.74, 6) is -1.93. The summed E-state index contributed by atoms with van der Waals surface area (Å²) in [5, 5.41) is 5.34. The standard InChI is InChI=1S/C31H51BN3O8P/c1-19(2)17-24(27(39)11-7-21(5)36)35-30(42)15-12-26(38)23(33)10-8-22(37)9-14-29(41)34-25(18-20(3)4)28(40)13-16-31(43)44(6)32/h19-20,23-25H,7-18,33H2,1-6H3,(H,34,41)(H,35,42). The van der Waals surface area contributed by atoms with Gasteiger partial charge in [-0.2, -0.15) is 0 Å². The minimum atomic E-state index is -1.27. The average molecular weight is 636 g/mol. The van der Waals surface area contributed by atoms with Crippen LogP contribution in [0.2, 0.25) is 0 Å². The van der Waals surface area contributed by atoms with E-state index < -0.39 is 43.5 Å². The lowest BCUT2D eigenvalue weighted by atomic mass is 9.96. The molecule has 4 unspecified atom stereocenters. The Hall–Kier alpha value is -2.59. The molecule has 0 fully saturated rings. The summed E-state index contributed by atoms with van der Waals surface area (Å²) in [6, 6.07) is -2.45. The van der Waals surface area contributed by atoms with Crippen LogP contribution < -0.4 is 16.4 Å². The number of nitrogens with one attached hydrogen (secondary N) is 2. The number of rotatable bonds is 25. The molecule has 2 amide bonds. The topological polar surface area (TPSA) is 187 Å². The number of nitrogens with two attached hydrogens (primary N) is 1. The Kier molecular flexibility index (Phi) is 20.7. The molecule has 0 heterocycles. The molecule has 0 aromatic rings. The van der Waals surface area contributed by atoms with Gasteiger partial charge in [0.2, 0.25) is 11.8 Å². The molecule has 0 aromatic heterocycles. The van der Waals surface area contributed by atoms with Gasteiger partial charge < -0.3 is 21.2 Å². The van der Waals surface area contributed by atoms with E-state index in [1.54, 1.807) is 6.66 Å². The normalized spacial score (nSPS) is 13.9. The van der Waals surface area contributed by atoms with E-state index in [2.05, 4.69) is 10.6 Å². The lowest BCUT2D eigenvalue weighted by Crippen LogP contribution is -2.42. The van der Waals surface area contributed by atoms with Crippen molar-refractivity contribution in [1.29, 1.82) is 0 Å². The van der Waals surface area contributed by atoms with Crippen molar-refractivity contribution in [2.45, 2.75) is 130 Å². The summed E-state index contributed by atoms with van der Waals surface area (Å²) in [7, 11) is 4.34. The second-order valence-electron chi connectivity index (χ2n) is 12.3. The number of hydrogen-bond donors (Lipinski definition) is 3. The first-order valence-electron chi connectivity index (χ1n) is 15.4. The third-order valence-corrected chi connectivity index (χ3v) is 7.95. The van der Waals surface area contributed by atoms with Gasteiger partial charge in [0.25, 0.3) is 0 Å². The van der Waals surface area contributed by atoms with Gasteiger partial charge in [-0.25, -0.2) is 0 Å². The van der Waals surface area contributed by atoms with Gasteiger partial charge >= 0.3 is 0 Å². The molecule has 0 saturated heterocycles. The first kappa shape index (κ1) is 41.4. The SMILES string of the molecule is [B]P(C)C(=O)CCC(=O)C(CC(C)C)NC(=O)CCC(=O)CCC(N)C(=O)CCC(=O)NC(CC(C)C)C(=O)CCC(C)=O. The molecule has 0 rings (SSSR count). The molecular weight excluding hydrogens is 584 g/mol. The number of amides is 2. The second-order valence-corrected chi connectivity index (χ2v) is 14.0. The fourth-order valence-corrected chi connectivity index (χ4v) is 4.81. The Labute approximate surface area is 264 Å². The molecule has 44 heavy (non-hydrogen) atoms. The highest BCUT2D eigenvalue weighted by atomic mass is 31.1. The molecule has 4 atom stereocenters. The zero-order chi connectivity index (χ0) is 34.0. The third kappa shape index (κ3) is 19.6. The average Bonchev–Trinajstić information content (AvgIpc) is 2.93. The van der Waals surface area contributed by atoms with Crippen LogP contribution in [0.4, 0.5) is 0 Å². The molecule has 0 aliphatic carbocycles. The van der Waals surface area contributed by atoms with E-state index in [1.165, 1.54) is 6.92 Å². The van der Waals surface area contributed by atoms with Crippen molar-refractivity contribution in [2.24, 2.45) is 17.6 Å². The largest absolute Gasteiger partial charge is 0.346 e. The van der Waals surface area contributed by atoms with E-state index in [0.717, 1.165) is 0 Å². The maximum atomic E-state index is 12.6. The molecule has 0 aromatic carbocycles. The molecule has 2 radical (unpaired) electrons. The van der Waals surface area contributed by atoms with Crippen molar-refractivity contribution >= 4 is 61.6 Å². The lowest BCUT2D eigenvalue weighted by molar-refractivity contribution is -0.130. The van der Waals surface area contributed by atoms with Gasteiger partial charge in [-0.3, -0.25) is 33.6 Å². The summed E-state index contributed by atoms with van der Waals surface area (Å²) in [6.45, 7) is 10.7. The molecule has 0 saturated carbocycles. The number of Topliss-reactive ketones (excluding diaryl/α,β-unsaturated/α-hetero) is 5. The molecular formula is C31H51BN3O8P. The fourth-order valence-electron chi connectivity index (χ4n) is 4.35. The lowest BCUT2D eigenvalue weighted by Gasteiger charge is -2.20. The Balaban J connectivity index is 4.66. The number of hydrogen-bond acceptors (Lipinski definition) is 9. The Morgan fingerprint density at radius 2 is 1.07 bits per heavy atom. The fraction of sp³-hybridized carbons (Fsp3) is 0.742. The van der Waals surface area contributed by atoms with Crippen molar-refractivity contribution in [3.63, 3.8) is 0 Å². The van der Waals surface area contributed by atoms with E-state index in [9.17, 15) is 38.4 Å². The molecule has 246 valence electrons. The summed E-state index contributed by atoms with van der Waals surface area (Å²) in [6.07, 6.45) is 0.501. The van der Waals surface area contributed by atoms with E-state index in [-0.39, 0.29) is 105 Å². The van der Waals surface area contributed by atoms with Crippen LogP contribution in [0.25, 0.3) is 0 Å². The predicted molar refractivity (Wildman–Crippen MR) is 171 cm³/mol. The van der Waals surface area contributed by atoms with Crippen LogP contribution in [0.5, 0.6) is 0 Å². The Morgan fingerprint density at radius 3 is 1.50 bits per heavy atom. The van der Waals surface area contributed by atoms with Gasteiger partial charge in [0.15, 0.2) is 11.6 Å². The van der Waals surface area contributed by atoms with E-state index in [1.807, 2.05) is 27.7 Å². The van der Waals surface area contributed by atoms with Crippen molar-refractivity contribution < 1.29 is 38.4 Å². The minimum absolute atomic E-state index is 0.00927. The van der Waals surface area contributed by atoms with Crippen LogP contribution >= 0.6 is 7.80 Å². The number of carbonyl (C=O) groups is 8. The first-order chi connectivity index (χ1) is 20.4. The van der Waals surface area contributed by atoms with Crippen LogP contribution in [0.1, 0.15) is 112 Å². The van der Waals surface area contributed by atoms with Crippen LogP contribution in [0.3, 0.4) is 0 Å². The second kappa shape index (κ2) is 22.0. The van der Waals surface area contributed by atoms with E-state index in [4.69, 9.17) is 13.3 Å². The van der Waals surface area contributed by atoms with Gasteiger partial charge in [0, 0.05) is 57.8 Å². The molecule has 0 spiro atoms. The molecule has 0 aliphatic rings. The molecule has 4 N–H and O–H groups in total. The van der Waals surface area contributed by atoms with Crippen molar-refractivity contribution in [2.75, 3.05) is 6.66 Å². The van der Waals surface area contributed by atoms with Gasteiger partial charge in [-0.1, -0.05) is 35.5 Å². The highest BCUT2D eigenvalue weighted by Crippen LogP contribution is 2.27. The van der Waals surface area contributed by atoms with E-state index in [0.29, 0.717) is 12.8 Å². The quantitative estimate of drug-likeness (QED) is 0.100. The van der Waals surface area contributed by atoms with Crippen molar-refractivity contribution in [3.05, 3.63) is 0 Å². The number of ketones is 5. The molecule has 0 aliphatic heterocycles. The van der Waals surface area contributed by atoms with Crippen LogP contribution in [-0.2, 0) is 38.4 Å². The van der Waals surface area contributed by atoms with Crippen LogP contribution in [0, 0.1) is 11.8 Å². The van der Waals surface area contributed by atoms with E-state index >= 15 is 0 Å². The van der Waals surface area contributed by atoms with Crippen LogP contribution in [-0.4, -0.2) is 78.6 Å². The first-order valence-corrected chi connectivity index (χ1v) is 17.2. The highest BCUT2D eigenvalue weighted by molar-refractivity contribution is 7.94. The molecule has 0 bridgehead atoms. The maximum absolute atomic E-state index is 12.6.